The Morgan fingerprint density at radius 1 is 1.35 bits per heavy atom. The first-order valence-corrected chi connectivity index (χ1v) is 6.36. The highest BCUT2D eigenvalue weighted by Gasteiger charge is 2.29. The number of fused-ring (bicyclic) bond motifs is 1. The van der Waals surface area contributed by atoms with Crippen molar-refractivity contribution in [2.45, 2.75) is 6.10 Å². The van der Waals surface area contributed by atoms with Gasteiger partial charge in [-0.2, -0.15) is 0 Å². The van der Waals surface area contributed by atoms with E-state index >= 15 is 0 Å². The summed E-state index contributed by atoms with van der Waals surface area (Å²) < 4.78 is 5.11. The van der Waals surface area contributed by atoms with Crippen LogP contribution in [0.25, 0.3) is 10.9 Å². The summed E-state index contributed by atoms with van der Waals surface area (Å²) in [6.07, 6.45) is -0.947. The van der Waals surface area contributed by atoms with Gasteiger partial charge in [-0.15, -0.1) is 0 Å². The molecule has 104 valence electrons. The number of benzene rings is 1. The Hall–Kier alpha value is -2.34. The normalized spacial score (nSPS) is 19.2. The van der Waals surface area contributed by atoms with Crippen LogP contribution in [-0.4, -0.2) is 52.7 Å². The standard InChI is InChI=1S/C14H14N2O4/c17-13(16-5-6-20-12(8-16)14(18)19)11-7-9-3-1-2-4-10(9)15-11/h1-4,7,12,15H,5-6,8H2,(H,18,19)/t12-/m0/s1. The van der Waals surface area contributed by atoms with Crippen LogP contribution in [0.2, 0.25) is 0 Å². The lowest BCUT2D eigenvalue weighted by atomic mass is 10.2. The number of hydrogen-bond acceptors (Lipinski definition) is 3. The second kappa shape index (κ2) is 4.97. The summed E-state index contributed by atoms with van der Waals surface area (Å²) in [5.74, 6) is -1.24. The number of carboxylic acids is 1. The zero-order valence-electron chi connectivity index (χ0n) is 10.7. The third-order valence-corrected chi connectivity index (χ3v) is 3.39. The first-order valence-electron chi connectivity index (χ1n) is 6.36. The van der Waals surface area contributed by atoms with Crippen molar-refractivity contribution < 1.29 is 19.4 Å². The van der Waals surface area contributed by atoms with Crippen LogP contribution >= 0.6 is 0 Å². The summed E-state index contributed by atoms with van der Waals surface area (Å²) in [6, 6.07) is 9.39. The molecular formula is C14H14N2O4. The van der Waals surface area contributed by atoms with Crippen LogP contribution < -0.4 is 0 Å². The predicted molar refractivity (Wildman–Crippen MR) is 71.6 cm³/mol. The molecule has 1 atom stereocenters. The lowest BCUT2D eigenvalue weighted by Gasteiger charge is -2.30. The number of nitrogens with one attached hydrogen (secondary N) is 1. The van der Waals surface area contributed by atoms with E-state index in [1.54, 1.807) is 6.07 Å². The fraction of sp³-hybridized carbons (Fsp3) is 0.286. The molecule has 0 bridgehead atoms. The molecule has 2 aromatic rings. The van der Waals surface area contributed by atoms with Gasteiger partial charge in [-0.3, -0.25) is 4.79 Å². The third-order valence-electron chi connectivity index (χ3n) is 3.39. The van der Waals surface area contributed by atoms with Crippen molar-refractivity contribution in [3.05, 3.63) is 36.0 Å². The Morgan fingerprint density at radius 2 is 2.15 bits per heavy atom. The maximum atomic E-state index is 12.4. The van der Waals surface area contributed by atoms with Crippen LogP contribution in [0.3, 0.4) is 0 Å². The number of nitrogens with zero attached hydrogens (tertiary/aromatic N) is 1. The highest BCUT2D eigenvalue weighted by molar-refractivity contribution is 5.98. The van der Waals surface area contributed by atoms with E-state index in [0.717, 1.165) is 10.9 Å². The third kappa shape index (κ3) is 2.25. The summed E-state index contributed by atoms with van der Waals surface area (Å²) >= 11 is 0. The Balaban J connectivity index is 1.82. The number of para-hydroxylation sites is 1. The van der Waals surface area contributed by atoms with Gasteiger partial charge >= 0.3 is 5.97 Å². The Morgan fingerprint density at radius 3 is 2.90 bits per heavy atom. The lowest BCUT2D eigenvalue weighted by molar-refractivity contribution is -0.154. The fourth-order valence-corrected chi connectivity index (χ4v) is 2.34. The molecule has 6 heteroatoms. The highest BCUT2D eigenvalue weighted by atomic mass is 16.5. The summed E-state index contributed by atoms with van der Waals surface area (Å²) in [4.78, 5) is 27.9. The van der Waals surface area contributed by atoms with Crippen LogP contribution in [0.5, 0.6) is 0 Å². The number of rotatable bonds is 2. The lowest BCUT2D eigenvalue weighted by Crippen LogP contribution is -2.48. The van der Waals surface area contributed by atoms with Crippen molar-refractivity contribution in [2.75, 3.05) is 19.7 Å². The van der Waals surface area contributed by atoms with Gasteiger partial charge in [0, 0.05) is 17.4 Å². The van der Waals surface area contributed by atoms with E-state index in [1.165, 1.54) is 4.90 Å². The van der Waals surface area contributed by atoms with Gasteiger partial charge in [-0.1, -0.05) is 18.2 Å². The molecule has 1 aliphatic rings. The first kappa shape index (κ1) is 12.7. The number of aromatic amines is 1. The molecule has 0 radical (unpaired) electrons. The first-order chi connectivity index (χ1) is 9.65. The molecule has 0 aliphatic carbocycles. The van der Waals surface area contributed by atoms with E-state index in [0.29, 0.717) is 12.2 Å². The topological polar surface area (TPSA) is 82.6 Å². The van der Waals surface area contributed by atoms with Crippen LogP contribution in [0.4, 0.5) is 0 Å². The Bertz CT molecular complexity index is 631. The summed E-state index contributed by atoms with van der Waals surface area (Å²) in [7, 11) is 0. The van der Waals surface area contributed by atoms with Crippen molar-refractivity contribution in [1.29, 1.82) is 0 Å². The molecule has 0 saturated carbocycles. The molecule has 1 saturated heterocycles. The van der Waals surface area contributed by atoms with E-state index in [2.05, 4.69) is 4.98 Å². The second-order valence-electron chi connectivity index (χ2n) is 4.72. The maximum Gasteiger partial charge on any atom is 0.334 e. The van der Waals surface area contributed by atoms with E-state index in [1.807, 2.05) is 24.3 Å². The van der Waals surface area contributed by atoms with E-state index in [9.17, 15) is 9.59 Å². The molecule has 0 spiro atoms. The fourth-order valence-electron chi connectivity index (χ4n) is 2.34. The van der Waals surface area contributed by atoms with Crippen molar-refractivity contribution in [3.63, 3.8) is 0 Å². The number of morpholine rings is 1. The maximum absolute atomic E-state index is 12.4. The van der Waals surface area contributed by atoms with Crippen LogP contribution in [0.15, 0.2) is 30.3 Å². The molecule has 6 nitrogen and oxygen atoms in total. The molecule has 2 heterocycles. The van der Waals surface area contributed by atoms with Gasteiger partial charge in [-0.25, -0.2) is 4.79 Å². The largest absolute Gasteiger partial charge is 0.479 e. The minimum absolute atomic E-state index is 0.0729. The number of carbonyl (C=O) groups is 2. The molecule has 3 rings (SSSR count). The van der Waals surface area contributed by atoms with E-state index < -0.39 is 12.1 Å². The average molecular weight is 274 g/mol. The van der Waals surface area contributed by atoms with Crippen LogP contribution in [0, 0.1) is 0 Å². The number of hydrogen-bond donors (Lipinski definition) is 2. The van der Waals surface area contributed by atoms with Crippen molar-refractivity contribution in [1.82, 2.24) is 9.88 Å². The molecule has 20 heavy (non-hydrogen) atoms. The zero-order valence-corrected chi connectivity index (χ0v) is 10.7. The average Bonchev–Trinajstić information content (AvgIpc) is 2.90. The van der Waals surface area contributed by atoms with Gasteiger partial charge in [0.1, 0.15) is 5.69 Å². The van der Waals surface area contributed by atoms with Gasteiger partial charge in [-0.05, 0) is 12.1 Å². The number of carbonyl (C=O) groups excluding carboxylic acids is 1. The molecule has 1 amide bonds. The summed E-state index contributed by atoms with van der Waals surface area (Å²) in [5.41, 5.74) is 1.36. The van der Waals surface area contributed by atoms with Crippen LogP contribution in [-0.2, 0) is 9.53 Å². The van der Waals surface area contributed by atoms with Gasteiger partial charge in [0.2, 0.25) is 0 Å². The number of aromatic nitrogens is 1. The van der Waals surface area contributed by atoms with E-state index in [-0.39, 0.29) is 19.1 Å². The number of ether oxygens (including phenoxy) is 1. The Kier molecular flexibility index (Phi) is 3.15. The van der Waals surface area contributed by atoms with Gasteiger partial charge in [0.25, 0.3) is 5.91 Å². The number of aliphatic carboxylic acids is 1. The Labute approximate surface area is 114 Å². The summed E-state index contributed by atoms with van der Waals surface area (Å²) in [6.45, 7) is 0.713. The number of H-pyrrole nitrogens is 1. The minimum atomic E-state index is -1.04. The summed E-state index contributed by atoms with van der Waals surface area (Å²) in [5, 5.41) is 9.91. The molecule has 1 aromatic carbocycles. The van der Waals surface area contributed by atoms with Crippen LogP contribution in [0.1, 0.15) is 10.5 Å². The van der Waals surface area contributed by atoms with E-state index in [4.69, 9.17) is 9.84 Å². The van der Waals surface area contributed by atoms with Gasteiger partial charge in [0.15, 0.2) is 6.10 Å². The zero-order chi connectivity index (χ0) is 14.1. The smallest absolute Gasteiger partial charge is 0.334 e. The number of carboxylic acid groups (broad SMARTS) is 1. The molecular weight excluding hydrogens is 260 g/mol. The second-order valence-corrected chi connectivity index (χ2v) is 4.72. The quantitative estimate of drug-likeness (QED) is 0.859. The van der Waals surface area contributed by atoms with Gasteiger partial charge in [0.05, 0.1) is 13.2 Å². The number of amides is 1. The monoisotopic (exact) mass is 274 g/mol. The molecule has 1 fully saturated rings. The van der Waals surface area contributed by atoms with Crippen molar-refractivity contribution in [2.24, 2.45) is 0 Å². The van der Waals surface area contributed by atoms with Gasteiger partial charge < -0.3 is 19.7 Å². The molecule has 1 aromatic heterocycles. The SMILES string of the molecule is O=C(O)[C@@H]1CN(C(=O)c2cc3ccccc3[nH]2)CCO1. The van der Waals surface area contributed by atoms with Crippen molar-refractivity contribution >= 4 is 22.8 Å². The molecule has 1 aliphatic heterocycles. The minimum Gasteiger partial charge on any atom is -0.479 e. The predicted octanol–water partition coefficient (Wildman–Crippen LogP) is 1.09. The molecule has 2 N–H and O–H groups in total. The highest BCUT2D eigenvalue weighted by Crippen LogP contribution is 2.17. The van der Waals surface area contributed by atoms with Crippen molar-refractivity contribution in [3.8, 4) is 0 Å². The molecule has 0 unspecified atom stereocenters.